The number of thiazole rings is 1. The molecule has 1 fully saturated rings. The molecule has 0 saturated carbocycles. The molecule has 2 aromatic rings. The summed E-state index contributed by atoms with van der Waals surface area (Å²) in [5.41, 5.74) is 0.772. The lowest BCUT2D eigenvalue weighted by Gasteiger charge is -2.33. The summed E-state index contributed by atoms with van der Waals surface area (Å²) in [7, 11) is 0. The molecule has 5 nitrogen and oxygen atoms in total. The van der Waals surface area contributed by atoms with Crippen molar-refractivity contribution in [3.63, 3.8) is 0 Å². The van der Waals surface area contributed by atoms with Crippen LogP contribution in [0.1, 0.15) is 36.3 Å². The standard InChI is InChI=1S/C18H22N2O3S/c1-13(23-16-6-2-4-14(10-16)12-21)18(22)20-8-3-5-15(11-20)17-19-7-9-24-17/h2,4,6-7,9-10,13,15,21H,3,5,8,11-12H2,1H3. The third-order valence-corrected chi connectivity index (χ3v) is 5.21. The topological polar surface area (TPSA) is 62.7 Å². The van der Waals surface area contributed by atoms with E-state index in [2.05, 4.69) is 4.98 Å². The fourth-order valence-electron chi connectivity index (χ4n) is 3.04. The van der Waals surface area contributed by atoms with Crippen molar-refractivity contribution >= 4 is 17.2 Å². The third-order valence-electron chi connectivity index (χ3n) is 4.28. The van der Waals surface area contributed by atoms with E-state index in [4.69, 9.17) is 4.74 Å². The van der Waals surface area contributed by atoms with Crippen LogP contribution in [0.2, 0.25) is 0 Å². The predicted octanol–water partition coefficient (Wildman–Crippen LogP) is 2.81. The number of hydrogen-bond acceptors (Lipinski definition) is 5. The Bertz CT molecular complexity index is 675. The van der Waals surface area contributed by atoms with E-state index in [1.165, 1.54) is 0 Å². The minimum atomic E-state index is -0.547. The summed E-state index contributed by atoms with van der Waals surface area (Å²) < 4.78 is 5.78. The molecule has 0 spiro atoms. The molecule has 1 amide bonds. The molecular formula is C18H22N2O3S. The Balaban J connectivity index is 1.62. The second-order valence-corrected chi connectivity index (χ2v) is 6.99. The van der Waals surface area contributed by atoms with Gasteiger partial charge in [0.25, 0.3) is 5.91 Å². The van der Waals surface area contributed by atoms with Crippen LogP contribution >= 0.6 is 11.3 Å². The van der Waals surface area contributed by atoms with Gasteiger partial charge in [0.2, 0.25) is 0 Å². The van der Waals surface area contributed by atoms with Crippen LogP contribution in [-0.4, -0.2) is 40.1 Å². The highest BCUT2D eigenvalue weighted by Crippen LogP contribution is 2.28. The first-order valence-electron chi connectivity index (χ1n) is 8.22. The molecule has 24 heavy (non-hydrogen) atoms. The zero-order valence-electron chi connectivity index (χ0n) is 13.7. The summed E-state index contributed by atoms with van der Waals surface area (Å²) >= 11 is 1.65. The monoisotopic (exact) mass is 346 g/mol. The van der Waals surface area contributed by atoms with Gasteiger partial charge in [0, 0.05) is 30.6 Å². The fraction of sp³-hybridized carbons (Fsp3) is 0.444. The Morgan fingerprint density at radius 2 is 2.42 bits per heavy atom. The number of aliphatic hydroxyl groups excluding tert-OH is 1. The normalized spacial score (nSPS) is 19.1. The van der Waals surface area contributed by atoms with Crippen LogP contribution in [0.25, 0.3) is 0 Å². The van der Waals surface area contributed by atoms with Crippen LogP contribution in [0.3, 0.4) is 0 Å². The number of carbonyl (C=O) groups excluding carboxylic acids is 1. The van der Waals surface area contributed by atoms with Gasteiger partial charge in [0.15, 0.2) is 6.10 Å². The number of likely N-dealkylation sites (tertiary alicyclic amines) is 1. The van der Waals surface area contributed by atoms with E-state index in [1.54, 1.807) is 30.4 Å². The Hall–Kier alpha value is -1.92. The average Bonchev–Trinajstić information content (AvgIpc) is 3.16. The molecule has 2 heterocycles. The molecule has 1 N–H and O–H groups in total. The molecule has 6 heteroatoms. The van der Waals surface area contributed by atoms with Gasteiger partial charge in [-0.3, -0.25) is 4.79 Å². The Labute approximate surface area is 145 Å². The smallest absolute Gasteiger partial charge is 0.263 e. The van der Waals surface area contributed by atoms with E-state index in [9.17, 15) is 9.90 Å². The van der Waals surface area contributed by atoms with Crippen molar-refractivity contribution in [3.8, 4) is 5.75 Å². The van der Waals surface area contributed by atoms with Crippen molar-refractivity contribution in [2.75, 3.05) is 13.1 Å². The number of piperidine rings is 1. The quantitative estimate of drug-likeness (QED) is 0.904. The van der Waals surface area contributed by atoms with E-state index in [0.717, 1.165) is 30.0 Å². The van der Waals surface area contributed by atoms with Crippen molar-refractivity contribution in [2.24, 2.45) is 0 Å². The molecular weight excluding hydrogens is 324 g/mol. The van der Waals surface area contributed by atoms with Crippen LogP contribution in [0.5, 0.6) is 5.75 Å². The van der Waals surface area contributed by atoms with Gasteiger partial charge in [-0.1, -0.05) is 12.1 Å². The van der Waals surface area contributed by atoms with Gasteiger partial charge in [0.1, 0.15) is 5.75 Å². The first-order valence-corrected chi connectivity index (χ1v) is 9.10. The Kier molecular flexibility index (Phi) is 5.48. The van der Waals surface area contributed by atoms with Gasteiger partial charge in [-0.15, -0.1) is 11.3 Å². The van der Waals surface area contributed by atoms with E-state index in [1.807, 2.05) is 28.6 Å². The molecule has 2 unspecified atom stereocenters. The number of hydrogen-bond donors (Lipinski definition) is 1. The summed E-state index contributed by atoms with van der Waals surface area (Å²) in [5, 5.41) is 12.3. The van der Waals surface area contributed by atoms with Gasteiger partial charge >= 0.3 is 0 Å². The van der Waals surface area contributed by atoms with Gasteiger partial charge in [-0.2, -0.15) is 0 Å². The molecule has 1 aromatic heterocycles. The highest BCUT2D eigenvalue weighted by atomic mass is 32.1. The number of aromatic nitrogens is 1. The summed E-state index contributed by atoms with van der Waals surface area (Å²) in [5.74, 6) is 0.939. The molecule has 3 rings (SSSR count). The summed E-state index contributed by atoms with van der Waals surface area (Å²) in [4.78, 5) is 19.0. The maximum Gasteiger partial charge on any atom is 0.263 e. The van der Waals surface area contributed by atoms with Crippen molar-refractivity contribution in [1.29, 1.82) is 0 Å². The first kappa shape index (κ1) is 16.9. The molecule has 1 aliphatic heterocycles. The van der Waals surface area contributed by atoms with E-state index < -0.39 is 6.10 Å². The third kappa shape index (κ3) is 3.94. The van der Waals surface area contributed by atoms with Gasteiger partial charge in [0.05, 0.1) is 11.6 Å². The Morgan fingerprint density at radius 1 is 1.54 bits per heavy atom. The number of carbonyl (C=O) groups is 1. The van der Waals surface area contributed by atoms with Crippen LogP contribution in [0.15, 0.2) is 35.8 Å². The second kappa shape index (κ2) is 7.77. The number of amides is 1. The van der Waals surface area contributed by atoms with Crippen molar-refractivity contribution in [2.45, 2.75) is 38.4 Å². The van der Waals surface area contributed by atoms with E-state index in [0.29, 0.717) is 18.2 Å². The van der Waals surface area contributed by atoms with Crippen molar-refractivity contribution < 1.29 is 14.6 Å². The molecule has 0 aliphatic carbocycles. The Morgan fingerprint density at radius 3 is 3.17 bits per heavy atom. The number of nitrogens with zero attached hydrogens (tertiary/aromatic N) is 2. The zero-order chi connectivity index (χ0) is 16.9. The lowest BCUT2D eigenvalue weighted by molar-refractivity contribution is -0.139. The number of ether oxygens (including phenoxy) is 1. The van der Waals surface area contributed by atoms with Crippen molar-refractivity contribution in [1.82, 2.24) is 9.88 Å². The lowest BCUT2D eigenvalue weighted by Crippen LogP contribution is -2.45. The maximum atomic E-state index is 12.7. The van der Waals surface area contributed by atoms with Crippen LogP contribution < -0.4 is 4.74 Å². The van der Waals surface area contributed by atoms with Gasteiger partial charge in [-0.25, -0.2) is 4.98 Å². The molecule has 0 bridgehead atoms. The SMILES string of the molecule is CC(Oc1cccc(CO)c1)C(=O)N1CCCC(c2nccs2)C1. The van der Waals surface area contributed by atoms with E-state index >= 15 is 0 Å². The largest absolute Gasteiger partial charge is 0.481 e. The van der Waals surface area contributed by atoms with Crippen molar-refractivity contribution in [3.05, 3.63) is 46.4 Å². The molecule has 1 aromatic carbocycles. The molecule has 1 saturated heterocycles. The predicted molar refractivity (Wildman–Crippen MR) is 93.1 cm³/mol. The number of benzene rings is 1. The van der Waals surface area contributed by atoms with Crippen LogP contribution in [-0.2, 0) is 11.4 Å². The highest BCUT2D eigenvalue weighted by molar-refractivity contribution is 7.09. The minimum absolute atomic E-state index is 0.00524. The van der Waals surface area contributed by atoms with Crippen LogP contribution in [0.4, 0.5) is 0 Å². The summed E-state index contributed by atoms with van der Waals surface area (Å²) in [6.07, 6.45) is 3.34. The average molecular weight is 346 g/mol. The van der Waals surface area contributed by atoms with E-state index in [-0.39, 0.29) is 12.5 Å². The first-order chi connectivity index (χ1) is 11.7. The lowest BCUT2D eigenvalue weighted by atomic mass is 9.98. The summed E-state index contributed by atoms with van der Waals surface area (Å²) in [6.45, 7) is 3.21. The number of aliphatic hydroxyl groups is 1. The molecule has 1 aliphatic rings. The maximum absolute atomic E-state index is 12.7. The number of rotatable bonds is 5. The molecule has 128 valence electrons. The molecule has 2 atom stereocenters. The second-order valence-electron chi connectivity index (χ2n) is 6.06. The zero-order valence-corrected chi connectivity index (χ0v) is 14.5. The van der Waals surface area contributed by atoms with Gasteiger partial charge in [-0.05, 0) is 37.5 Å². The minimum Gasteiger partial charge on any atom is -0.481 e. The van der Waals surface area contributed by atoms with Gasteiger partial charge < -0.3 is 14.7 Å². The fourth-order valence-corrected chi connectivity index (χ4v) is 3.81. The summed E-state index contributed by atoms with van der Waals surface area (Å²) in [6, 6.07) is 7.20. The highest BCUT2D eigenvalue weighted by Gasteiger charge is 2.29. The van der Waals surface area contributed by atoms with Crippen LogP contribution in [0, 0.1) is 0 Å². The molecule has 0 radical (unpaired) electrons.